The summed E-state index contributed by atoms with van der Waals surface area (Å²) in [6.45, 7) is -0.116. The number of amides is 1. The number of benzene rings is 2. The highest BCUT2D eigenvalue weighted by Crippen LogP contribution is 2.15. The lowest BCUT2D eigenvalue weighted by molar-refractivity contribution is -0.122. The van der Waals surface area contributed by atoms with E-state index in [-0.39, 0.29) is 18.6 Å². The number of ether oxygens (including phenoxy) is 1. The van der Waals surface area contributed by atoms with Gasteiger partial charge in [-0.2, -0.15) is 0 Å². The molecule has 0 bridgehead atoms. The molecule has 22 heavy (non-hydrogen) atoms. The van der Waals surface area contributed by atoms with Gasteiger partial charge in [-0.3, -0.25) is 4.79 Å². The largest absolute Gasteiger partial charge is 0.497 e. The van der Waals surface area contributed by atoms with Crippen LogP contribution < -0.4 is 10.1 Å². The summed E-state index contributed by atoms with van der Waals surface area (Å²) in [5.41, 5.74) is 1.95. The molecule has 1 atom stereocenters. The Balaban J connectivity index is 1.89. The summed E-state index contributed by atoms with van der Waals surface area (Å²) in [7, 11) is 1.62. The minimum absolute atomic E-state index is 0.0780. The minimum Gasteiger partial charge on any atom is -0.497 e. The van der Waals surface area contributed by atoms with E-state index in [1.807, 2.05) is 54.6 Å². The monoisotopic (exact) mass is 299 g/mol. The molecule has 4 heteroatoms. The number of rotatable bonds is 7. The van der Waals surface area contributed by atoms with Crippen LogP contribution in [0.15, 0.2) is 54.6 Å². The Bertz CT molecular complexity index is 598. The summed E-state index contributed by atoms with van der Waals surface area (Å²) in [5.74, 6) is 0.709. The Morgan fingerprint density at radius 3 is 2.64 bits per heavy atom. The van der Waals surface area contributed by atoms with Gasteiger partial charge in [0, 0.05) is 6.42 Å². The van der Waals surface area contributed by atoms with Gasteiger partial charge in [0.05, 0.1) is 19.8 Å². The topological polar surface area (TPSA) is 58.6 Å². The smallest absolute Gasteiger partial charge is 0.220 e. The first-order valence-corrected chi connectivity index (χ1v) is 7.31. The van der Waals surface area contributed by atoms with Gasteiger partial charge in [-0.05, 0) is 29.7 Å². The second kappa shape index (κ2) is 8.20. The van der Waals surface area contributed by atoms with Gasteiger partial charge in [0.25, 0.3) is 0 Å². The van der Waals surface area contributed by atoms with Crippen LogP contribution in [0.2, 0.25) is 0 Å². The summed E-state index contributed by atoms with van der Waals surface area (Å²) < 4.78 is 5.17. The Hall–Kier alpha value is -2.33. The molecule has 0 saturated carbocycles. The normalized spacial score (nSPS) is 11.7. The molecule has 0 spiro atoms. The number of hydrogen-bond donors (Lipinski definition) is 2. The van der Waals surface area contributed by atoms with Crippen molar-refractivity contribution in [2.75, 3.05) is 13.7 Å². The molecule has 0 heterocycles. The highest BCUT2D eigenvalue weighted by molar-refractivity contribution is 5.76. The van der Waals surface area contributed by atoms with E-state index in [0.717, 1.165) is 16.9 Å². The predicted octanol–water partition coefficient (Wildman–Crippen LogP) is 2.48. The van der Waals surface area contributed by atoms with E-state index >= 15 is 0 Å². The Morgan fingerprint density at radius 2 is 1.95 bits per heavy atom. The molecule has 0 aliphatic rings. The zero-order valence-corrected chi connectivity index (χ0v) is 12.7. The van der Waals surface area contributed by atoms with E-state index in [0.29, 0.717) is 12.8 Å². The number of carbonyl (C=O) groups is 1. The first-order valence-electron chi connectivity index (χ1n) is 7.31. The maximum Gasteiger partial charge on any atom is 0.220 e. The van der Waals surface area contributed by atoms with Crippen molar-refractivity contribution in [1.29, 1.82) is 0 Å². The van der Waals surface area contributed by atoms with Crippen molar-refractivity contribution < 1.29 is 14.6 Å². The third-order valence-corrected chi connectivity index (χ3v) is 3.49. The molecule has 0 unspecified atom stereocenters. The van der Waals surface area contributed by atoms with Crippen LogP contribution in [-0.2, 0) is 11.2 Å². The van der Waals surface area contributed by atoms with E-state index < -0.39 is 0 Å². The number of aliphatic hydroxyl groups excluding tert-OH is 1. The van der Waals surface area contributed by atoms with Gasteiger partial charge in [0.15, 0.2) is 0 Å². The Kier molecular flexibility index (Phi) is 5.98. The first kappa shape index (κ1) is 16.0. The third-order valence-electron chi connectivity index (χ3n) is 3.49. The second-order valence-corrected chi connectivity index (χ2v) is 5.06. The van der Waals surface area contributed by atoms with Crippen molar-refractivity contribution >= 4 is 5.91 Å². The fourth-order valence-corrected chi connectivity index (χ4v) is 2.27. The van der Waals surface area contributed by atoms with E-state index in [4.69, 9.17) is 4.74 Å². The maximum atomic E-state index is 12.1. The lowest BCUT2D eigenvalue weighted by atomic mass is 10.1. The molecular weight excluding hydrogens is 278 g/mol. The molecule has 0 saturated heterocycles. The summed E-state index contributed by atoms with van der Waals surface area (Å²) in [4.78, 5) is 12.1. The summed E-state index contributed by atoms with van der Waals surface area (Å²) >= 11 is 0. The van der Waals surface area contributed by atoms with Crippen LogP contribution in [0.25, 0.3) is 0 Å². The minimum atomic E-state index is -0.362. The summed E-state index contributed by atoms with van der Waals surface area (Å²) in [6.07, 6.45) is 1.01. The van der Waals surface area contributed by atoms with Crippen LogP contribution in [0.3, 0.4) is 0 Å². The standard InChI is InChI=1S/C18H21NO3/c1-22-16-9-5-6-14(12-16)10-11-18(21)19-17(13-20)15-7-3-2-4-8-15/h2-9,12,17,20H,10-11,13H2,1H3,(H,19,21)/t17-/m1/s1. The van der Waals surface area contributed by atoms with Gasteiger partial charge < -0.3 is 15.2 Å². The molecule has 2 aromatic rings. The van der Waals surface area contributed by atoms with Crippen LogP contribution in [0.4, 0.5) is 0 Å². The number of aryl methyl sites for hydroxylation is 1. The molecule has 4 nitrogen and oxygen atoms in total. The number of aliphatic hydroxyl groups is 1. The first-order chi connectivity index (χ1) is 10.7. The van der Waals surface area contributed by atoms with E-state index in [9.17, 15) is 9.90 Å². The molecule has 2 N–H and O–H groups in total. The van der Waals surface area contributed by atoms with Crippen LogP contribution in [-0.4, -0.2) is 24.7 Å². The average molecular weight is 299 g/mol. The Morgan fingerprint density at radius 1 is 1.18 bits per heavy atom. The van der Waals surface area contributed by atoms with E-state index in [1.165, 1.54) is 0 Å². The van der Waals surface area contributed by atoms with Gasteiger partial charge >= 0.3 is 0 Å². The molecule has 0 aliphatic heterocycles. The fraction of sp³-hybridized carbons (Fsp3) is 0.278. The van der Waals surface area contributed by atoms with Crippen molar-refractivity contribution in [3.63, 3.8) is 0 Å². The van der Waals surface area contributed by atoms with E-state index in [2.05, 4.69) is 5.32 Å². The van der Waals surface area contributed by atoms with Crippen molar-refractivity contribution in [3.05, 3.63) is 65.7 Å². The molecule has 2 rings (SSSR count). The lowest BCUT2D eigenvalue weighted by Gasteiger charge is -2.16. The number of carbonyl (C=O) groups excluding carboxylic acids is 1. The highest BCUT2D eigenvalue weighted by atomic mass is 16.5. The van der Waals surface area contributed by atoms with Crippen LogP contribution in [0.1, 0.15) is 23.6 Å². The molecule has 0 aliphatic carbocycles. The SMILES string of the molecule is COc1cccc(CCC(=O)N[C@H](CO)c2ccccc2)c1. The Labute approximate surface area is 130 Å². The van der Waals surface area contributed by atoms with Crippen molar-refractivity contribution in [1.82, 2.24) is 5.32 Å². The molecular formula is C18H21NO3. The average Bonchev–Trinajstić information content (AvgIpc) is 2.58. The van der Waals surface area contributed by atoms with Crippen molar-refractivity contribution in [3.8, 4) is 5.75 Å². The number of methoxy groups -OCH3 is 1. The van der Waals surface area contributed by atoms with Gasteiger partial charge in [-0.25, -0.2) is 0 Å². The molecule has 0 aromatic heterocycles. The fourth-order valence-electron chi connectivity index (χ4n) is 2.27. The van der Waals surface area contributed by atoms with Crippen molar-refractivity contribution in [2.24, 2.45) is 0 Å². The van der Waals surface area contributed by atoms with Gasteiger partial charge in [0.1, 0.15) is 5.75 Å². The summed E-state index contributed by atoms with van der Waals surface area (Å²) in [6, 6.07) is 16.8. The van der Waals surface area contributed by atoms with Crippen LogP contribution in [0, 0.1) is 0 Å². The van der Waals surface area contributed by atoms with E-state index in [1.54, 1.807) is 7.11 Å². The van der Waals surface area contributed by atoms with Gasteiger partial charge in [-0.1, -0.05) is 42.5 Å². The number of hydrogen-bond acceptors (Lipinski definition) is 3. The molecule has 2 aromatic carbocycles. The van der Waals surface area contributed by atoms with Gasteiger partial charge in [0.2, 0.25) is 5.91 Å². The second-order valence-electron chi connectivity index (χ2n) is 5.06. The lowest BCUT2D eigenvalue weighted by Crippen LogP contribution is -2.30. The highest BCUT2D eigenvalue weighted by Gasteiger charge is 2.13. The third kappa shape index (κ3) is 4.60. The van der Waals surface area contributed by atoms with Gasteiger partial charge in [-0.15, -0.1) is 0 Å². The predicted molar refractivity (Wildman–Crippen MR) is 85.7 cm³/mol. The zero-order chi connectivity index (χ0) is 15.8. The molecule has 0 fully saturated rings. The molecule has 116 valence electrons. The van der Waals surface area contributed by atoms with Crippen molar-refractivity contribution in [2.45, 2.75) is 18.9 Å². The zero-order valence-electron chi connectivity index (χ0n) is 12.7. The number of nitrogens with one attached hydrogen (secondary N) is 1. The molecule has 1 amide bonds. The van der Waals surface area contributed by atoms with Crippen LogP contribution >= 0.6 is 0 Å². The maximum absolute atomic E-state index is 12.1. The van der Waals surface area contributed by atoms with Crippen LogP contribution in [0.5, 0.6) is 5.75 Å². The summed E-state index contributed by atoms with van der Waals surface area (Å²) in [5, 5.41) is 12.3. The quantitative estimate of drug-likeness (QED) is 0.826. The molecule has 0 radical (unpaired) electrons.